The Morgan fingerprint density at radius 1 is 1.00 bits per heavy atom. The summed E-state index contributed by atoms with van der Waals surface area (Å²) in [6, 6.07) is 18.1. The Balaban J connectivity index is 1.86. The highest BCUT2D eigenvalue weighted by Crippen LogP contribution is 2.12. The standard InChI is InChI=1S/C15H12N2S/c18-14(11-6-2-1-3-7-11)10-15-16-12-8-4-5-9-13(12)17-15/h1-9H,10H2,(H,16,17). The predicted molar refractivity (Wildman–Crippen MR) is 77.9 cm³/mol. The molecular formula is C15H12N2S. The Kier molecular flexibility index (Phi) is 2.90. The summed E-state index contributed by atoms with van der Waals surface area (Å²) in [7, 11) is 0. The van der Waals surface area contributed by atoms with Gasteiger partial charge in [0.15, 0.2) is 0 Å². The fourth-order valence-corrected chi connectivity index (χ4v) is 2.24. The van der Waals surface area contributed by atoms with Gasteiger partial charge in [-0.05, 0) is 17.7 Å². The Morgan fingerprint density at radius 3 is 2.50 bits per heavy atom. The van der Waals surface area contributed by atoms with Gasteiger partial charge in [-0.1, -0.05) is 54.7 Å². The minimum atomic E-state index is 0.675. The van der Waals surface area contributed by atoms with E-state index in [1.54, 1.807) is 0 Å². The van der Waals surface area contributed by atoms with Crippen LogP contribution < -0.4 is 0 Å². The summed E-state index contributed by atoms with van der Waals surface area (Å²) in [5.74, 6) is 0.921. The molecule has 1 N–H and O–H groups in total. The van der Waals surface area contributed by atoms with Crippen molar-refractivity contribution in [3.8, 4) is 0 Å². The lowest BCUT2D eigenvalue weighted by molar-refractivity contribution is 1.11. The van der Waals surface area contributed by atoms with Crippen LogP contribution in [0.15, 0.2) is 54.6 Å². The number of aromatic nitrogens is 2. The third-order valence-electron chi connectivity index (χ3n) is 2.86. The highest BCUT2D eigenvalue weighted by atomic mass is 32.1. The zero-order chi connectivity index (χ0) is 12.4. The first-order valence-corrected chi connectivity index (χ1v) is 6.25. The van der Waals surface area contributed by atoms with E-state index in [0.717, 1.165) is 27.3 Å². The summed E-state index contributed by atoms with van der Waals surface area (Å²) in [6.45, 7) is 0. The lowest BCUT2D eigenvalue weighted by Crippen LogP contribution is -2.03. The summed E-state index contributed by atoms with van der Waals surface area (Å²) in [4.78, 5) is 8.74. The van der Waals surface area contributed by atoms with Crippen LogP contribution in [0.1, 0.15) is 11.4 Å². The number of para-hydroxylation sites is 2. The highest BCUT2D eigenvalue weighted by Gasteiger charge is 2.06. The van der Waals surface area contributed by atoms with Crippen molar-refractivity contribution < 1.29 is 0 Å². The number of rotatable bonds is 3. The van der Waals surface area contributed by atoms with Crippen molar-refractivity contribution in [2.24, 2.45) is 0 Å². The maximum absolute atomic E-state index is 5.45. The molecule has 0 amide bonds. The van der Waals surface area contributed by atoms with E-state index in [1.807, 2.05) is 54.6 Å². The number of hydrogen-bond donors (Lipinski definition) is 1. The largest absolute Gasteiger partial charge is 0.342 e. The number of hydrogen-bond acceptors (Lipinski definition) is 2. The third kappa shape index (κ3) is 2.17. The normalized spacial score (nSPS) is 10.7. The number of imidazole rings is 1. The second-order valence-electron chi connectivity index (χ2n) is 4.17. The zero-order valence-corrected chi connectivity index (χ0v) is 10.6. The fraction of sp³-hybridized carbons (Fsp3) is 0.0667. The first kappa shape index (κ1) is 11.1. The van der Waals surface area contributed by atoms with Crippen LogP contribution in [0.3, 0.4) is 0 Å². The summed E-state index contributed by atoms with van der Waals surface area (Å²) >= 11 is 5.45. The lowest BCUT2D eigenvalue weighted by Gasteiger charge is -2.00. The number of fused-ring (bicyclic) bond motifs is 1. The number of H-pyrrole nitrogens is 1. The van der Waals surface area contributed by atoms with E-state index in [4.69, 9.17) is 12.2 Å². The van der Waals surface area contributed by atoms with Crippen molar-refractivity contribution in [3.05, 3.63) is 66.0 Å². The van der Waals surface area contributed by atoms with Crippen molar-refractivity contribution in [1.82, 2.24) is 9.97 Å². The fourth-order valence-electron chi connectivity index (χ4n) is 1.97. The number of aromatic amines is 1. The molecule has 0 aliphatic heterocycles. The topological polar surface area (TPSA) is 28.7 Å². The Morgan fingerprint density at radius 2 is 1.72 bits per heavy atom. The van der Waals surface area contributed by atoms with Gasteiger partial charge in [0, 0.05) is 11.3 Å². The van der Waals surface area contributed by atoms with Gasteiger partial charge in [0.25, 0.3) is 0 Å². The minimum absolute atomic E-state index is 0.675. The molecule has 0 spiro atoms. The molecule has 3 heteroatoms. The first-order chi connectivity index (χ1) is 8.83. The molecule has 88 valence electrons. The zero-order valence-electron chi connectivity index (χ0n) is 9.76. The highest BCUT2D eigenvalue weighted by molar-refractivity contribution is 7.80. The molecular weight excluding hydrogens is 240 g/mol. The van der Waals surface area contributed by atoms with Crippen LogP contribution in [0.2, 0.25) is 0 Å². The van der Waals surface area contributed by atoms with Gasteiger partial charge in [0.2, 0.25) is 0 Å². The second-order valence-corrected chi connectivity index (χ2v) is 4.66. The van der Waals surface area contributed by atoms with Crippen LogP contribution in [0.4, 0.5) is 0 Å². The van der Waals surface area contributed by atoms with Crippen molar-refractivity contribution in [3.63, 3.8) is 0 Å². The molecule has 0 aliphatic rings. The van der Waals surface area contributed by atoms with Crippen LogP contribution in [0, 0.1) is 0 Å². The maximum Gasteiger partial charge on any atom is 0.112 e. The Hall–Kier alpha value is -2.00. The van der Waals surface area contributed by atoms with Crippen molar-refractivity contribution in [1.29, 1.82) is 0 Å². The summed E-state index contributed by atoms with van der Waals surface area (Å²) < 4.78 is 0. The average molecular weight is 252 g/mol. The Bertz CT molecular complexity index is 653. The van der Waals surface area contributed by atoms with E-state index >= 15 is 0 Å². The molecule has 3 rings (SSSR count). The van der Waals surface area contributed by atoms with Crippen LogP contribution in [-0.4, -0.2) is 14.8 Å². The molecule has 3 aromatic rings. The molecule has 0 fully saturated rings. The van der Waals surface area contributed by atoms with Gasteiger partial charge in [0.05, 0.1) is 11.0 Å². The summed E-state index contributed by atoms with van der Waals surface area (Å²) in [5.41, 5.74) is 3.14. The van der Waals surface area contributed by atoms with Gasteiger partial charge >= 0.3 is 0 Å². The molecule has 0 atom stereocenters. The SMILES string of the molecule is S=C(Cc1nc2ccccc2[nH]1)c1ccccc1. The number of nitrogens with one attached hydrogen (secondary N) is 1. The third-order valence-corrected chi connectivity index (χ3v) is 3.24. The van der Waals surface area contributed by atoms with E-state index in [0.29, 0.717) is 6.42 Å². The molecule has 0 saturated heterocycles. The van der Waals surface area contributed by atoms with Gasteiger partial charge in [-0.3, -0.25) is 0 Å². The summed E-state index contributed by atoms with van der Waals surface area (Å²) in [5, 5.41) is 0. The smallest absolute Gasteiger partial charge is 0.112 e. The van der Waals surface area contributed by atoms with E-state index < -0.39 is 0 Å². The molecule has 0 aliphatic carbocycles. The van der Waals surface area contributed by atoms with Gasteiger partial charge in [-0.2, -0.15) is 0 Å². The van der Waals surface area contributed by atoms with Crippen LogP contribution in [-0.2, 0) is 6.42 Å². The number of thiocarbonyl (C=S) groups is 1. The average Bonchev–Trinajstić information content (AvgIpc) is 2.82. The summed E-state index contributed by atoms with van der Waals surface area (Å²) in [6.07, 6.45) is 0.675. The number of nitrogens with zero attached hydrogens (tertiary/aromatic N) is 1. The van der Waals surface area contributed by atoms with E-state index in [-0.39, 0.29) is 0 Å². The molecule has 0 unspecified atom stereocenters. The molecule has 0 saturated carbocycles. The molecule has 18 heavy (non-hydrogen) atoms. The van der Waals surface area contributed by atoms with Crippen LogP contribution >= 0.6 is 12.2 Å². The lowest BCUT2D eigenvalue weighted by atomic mass is 10.1. The van der Waals surface area contributed by atoms with Gasteiger partial charge in [0.1, 0.15) is 5.82 Å². The molecule has 2 aromatic carbocycles. The quantitative estimate of drug-likeness (QED) is 0.570. The monoisotopic (exact) mass is 252 g/mol. The predicted octanol–water partition coefficient (Wildman–Crippen LogP) is 3.52. The second kappa shape index (κ2) is 4.70. The molecule has 0 bridgehead atoms. The van der Waals surface area contributed by atoms with Gasteiger partial charge in [-0.25, -0.2) is 4.98 Å². The van der Waals surface area contributed by atoms with E-state index in [2.05, 4.69) is 9.97 Å². The molecule has 0 radical (unpaired) electrons. The minimum Gasteiger partial charge on any atom is -0.342 e. The van der Waals surface area contributed by atoms with Gasteiger partial charge in [-0.15, -0.1) is 0 Å². The van der Waals surface area contributed by atoms with Crippen molar-refractivity contribution in [2.45, 2.75) is 6.42 Å². The van der Waals surface area contributed by atoms with E-state index in [9.17, 15) is 0 Å². The van der Waals surface area contributed by atoms with Crippen molar-refractivity contribution >= 4 is 28.1 Å². The van der Waals surface area contributed by atoms with E-state index in [1.165, 1.54) is 0 Å². The molecule has 1 heterocycles. The van der Waals surface area contributed by atoms with Crippen molar-refractivity contribution in [2.75, 3.05) is 0 Å². The number of benzene rings is 2. The molecule has 2 nitrogen and oxygen atoms in total. The van der Waals surface area contributed by atoms with Crippen LogP contribution in [0.25, 0.3) is 11.0 Å². The van der Waals surface area contributed by atoms with Gasteiger partial charge < -0.3 is 4.98 Å². The molecule has 1 aromatic heterocycles. The first-order valence-electron chi connectivity index (χ1n) is 5.85. The Labute approximate surface area is 111 Å². The van der Waals surface area contributed by atoms with Crippen LogP contribution in [0.5, 0.6) is 0 Å². The maximum atomic E-state index is 5.45.